The Kier molecular flexibility index (Phi) is 5.10. The van der Waals surface area contributed by atoms with Crippen molar-refractivity contribution < 1.29 is 4.79 Å². The Hall–Kier alpha value is -3.51. The number of hydrogen-bond donors (Lipinski definition) is 4. The van der Waals surface area contributed by atoms with E-state index in [-0.39, 0.29) is 5.91 Å². The zero-order valence-electron chi connectivity index (χ0n) is 16.4. The molecule has 0 bridgehead atoms. The summed E-state index contributed by atoms with van der Waals surface area (Å²) in [6.45, 7) is 3.89. The third-order valence-corrected chi connectivity index (χ3v) is 5.29. The molecule has 1 fully saturated rings. The van der Waals surface area contributed by atoms with Crippen LogP contribution in [0, 0.1) is 6.92 Å². The fourth-order valence-electron chi connectivity index (χ4n) is 3.68. The smallest absolute Gasteiger partial charge is 0.240 e. The normalized spacial score (nSPS) is 15.0. The van der Waals surface area contributed by atoms with Crippen LogP contribution in [0.15, 0.2) is 54.7 Å². The SMILES string of the molecule is Cc1ccccc1/C(N)=C/c1c(-c2ccc(N3CCNCC3=O)cc2)c[nH]c1N. The third-order valence-electron chi connectivity index (χ3n) is 5.29. The van der Waals surface area contributed by atoms with Crippen LogP contribution in [0.2, 0.25) is 0 Å². The number of carbonyl (C=O) groups is 1. The molecular formula is C23H25N5O. The van der Waals surface area contributed by atoms with Crippen LogP contribution in [0.25, 0.3) is 22.9 Å². The Morgan fingerprint density at radius 2 is 1.90 bits per heavy atom. The summed E-state index contributed by atoms with van der Waals surface area (Å²) < 4.78 is 0. The summed E-state index contributed by atoms with van der Waals surface area (Å²) in [5, 5.41) is 3.09. The molecular weight excluding hydrogens is 362 g/mol. The van der Waals surface area contributed by atoms with Crippen molar-refractivity contribution in [3.05, 3.63) is 71.4 Å². The van der Waals surface area contributed by atoms with E-state index in [2.05, 4.69) is 10.3 Å². The minimum absolute atomic E-state index is 0.0875. The molecule has 0 unspecified atom stereocenters. The highest BCUT2D eigenvalue weighted by atomic mass is 16.2. The topological polar surface area (TPSA) is 100 Å². The van der Waals surface area contributed by atoms with Gasteiger partial charge in [-0.2, -0.15) is 0 Å². The second-order valence-electron chi connectivity index (χ2n) is 7.21. The standard InChI is InChI=1S/C23H25N5O/c1-15-4-2-3-5-18(15)21(24)12-19-20(13-27-23(19)25)16-6-8-17(9-7-16)28-11-10-26-14-22(28)29/h2-9,12-13,26-27H,10-11,14,24-25H2,1H3/b21-12-. The van der Waals surface area contributed by atoms with Gasteiger partial charge in [-0.1, -0.05) is 36.4 Å². The molecule has 1 aromatic heterocycles. The van der Waals surface area contributed by atoms with Crippen LogP contribution < -0.4 is 21.7 Å². The highest BCUT2D eigenvalue weighted by Gasteiger charge is 2.19. The first-order chi connectivity index (χ1) is 14.0. The minimum atomic E-state index is 0.0875. The van der Waals surface area contributed by atoms with E-state index in [9.17, 15) is 4.79 Å². The van der Waals surface area contributed by atoms with Gasteiger partial charge in [-0.25, -0.2) is 0 Å². The van der Waals surface area contributed by atoms with Crippen LogP contribution in [0.3, 0.4) is 0 Å². The quantitative estimate of drug-likeness (QED) is 0.553. The number of H-pyrrole nitrogens is 1. The van der Waals surface area contributed by atoms with Crippen LogP contribution in [-0.2, 0) is 4.79 Å². The average molecular weight is 387 g/mol. The lowest BCUT2D eigenvalue weighted by atomic mass is 10.00. The van der Waals surface area contributed by atoms with Crippen molar-refractivity contribution in [3.8, 4) is 11.1 Å². The minimum Gasteiger partial charge on any atom is -0.398 e. The van der Waals surface area contributed by atoms with Crippen molar-refractivity contribution in [2.75, 3.05) is 30.3 Å². The Morgan fingerprint density at radius 3 is 2.62 bits per heavy atom. The lowest BCUT2D eigenvalue weighted by Gasteiger charge is -2.27. The van der Waals surface area contributed by atoms with Gasteiger partial charge in [0.2, 0.25) is 5.91 Å². The molecule has 0 spiro atoms. The van der Waals surface area contributed by atoms with Crippen molar-refractivity contribution in [3.63, 3.8) is 0 Å². The molecule has 2 heterocycles. The number of anilines is 2. The second-order valence-corrected chi connectivity index (χ2v) is 7.21. The molecule has 2 aromatic carbocycles. The van der Waals surface area contributed by atoms with E-state index >= 15 is 0 Å². The number of aromatic amines is 1. The van der Waals surface area contributed by atoms with Gasteiger partial charge < -0.3 is 26.7 Å². The molecule has 1 aliphatic heterocycles. The molecule has 29 heavy (non-hydrogen) atoms. The number of carbonyl (C=O) groups excluding carboxylic acids is 1. The maximum absolute atomic E-state index is 12.1. The number of piperazine rings is 1. The van der Waals surface area contributed by atoms with Gasteiger partial charge in [-0.3, -0.25) is 4.79 Å². The fourth-order valence-corrected chi connectivity index (χ4v) is 3.68. The van der Waals surface area contributed by atoms with Crippen molar-refractivity contribution >= 4 is 29.2 Å². The summed E-state index contributed by atoms with van der Waals surface area (Å²) >= 11 is 0. The van der Waals surface area contributed by atoms with E-state index in [4.69, 9.17) is 11.5 Å². The van der Waals surface area contributed by atoms with E-state index in [0.29, 0.717) is 24.6 Å². The van der Waals surface area contributed by atoms with Crippen molar-refractivity contribution in [2.45, 2.75) is 6.92 Å². The van der Waals surface area contributed by atoms with Crippen molar-refractivity contribution in [1.82, 2.24) is 10.3 Å². The molecule has 0 atom stereocenters. The number of nitrogens with two attached hydrogens (primary N) is 2. The van der Waals surface area contributed by atoms with Gasteiger partial charge in [-0.05, 0) is 36.3 Å². The highest BCUT2D eigenvalue weighted by molar-refractivity contribution is 5.96. The second kappa shape index (κ2) is 7.85. The Balaban J connectivity index is 1.66. The number of aromatic nitrogens is 1. The fraction of sp³-hybridized carbons (Fsp3) is 0.174. The molecule has 0 saturated carbocycles. The summed E-state index contributed by atoms with van der Waals surface area (Å²) in [4.78, 5) is 17.0. The number of aryl methyl sites for hydroxylation is 1. The predicted molar refractivity (Wildman–Crippen MR) is 119 cm³/mol. The number of nitrogens with one attached hydrogen (secondary N) is 2. The van der Waals surface area contributed by atoms with Gasteiger partial charge in [0, 0.05) is 47.4 Å². The molecule has 3 aromatic rings. The van der Waals surface area contributed by atoms with E-state index < -0.39 is 0 Å². The van der Waals surface area contributed by atoms with Gasteiger partial charge in [0.1, 0.15) is 5.82 Å². The first-order valence-corrected chi connectivity index (χ1v) is 9.66. The van der Waals surface area contributed by atoms with E-state index in [1.807, 2.05) is 72.6 Å². The third kappa shape index (κ3) is 3.75. The zero-order valence-corrected chi connectivity index (χ0v) is 16.4. The van der Waals surface area contributed by atoms with Gasteiger partial charge in [0.05, 0.1) is 6.54 Å². The van der Waals surface area contributed by atoms with Crippen LogP contribution in [0.4, 0.5) is 11.5 Å². The number of benzene rings is 2. The van der Waals surface area contributed by atoms with E-state index in [1.165, 1.54) is 0 Å². The molecule has 148 valence electrons. The van der Waals surface area contributed by atoms with Gasteiger partial charge in [0.15, 0.2) is 0 Å². The Bertz CT molecular complexity index is 1070. The predicted octanol–water partition coefficient (Wildman–Crippen LogP) is 2.97. The zero-order chi connectivity index (χ0) is 20.4. The number of hydrogen-bond acceptors (Lipinski definition) is 4. The number of rotatable bonds is 4. The highest BCUT2D eigenvalue weighted by Crippen LogP contribution is 2.32. The van der Waals surface area contributed by atoms with E-state index in [1.54, 1.807) is 0 Å². The Labute approximate surface area is 170 Å². The molecule has 1 amide bonds. The Morgan fingerprint density at radius 1 is 1.14 bits per heavy atom. The molecule has 6 N–H and O–H groups in total. The van der Waals surface area contributed by atoms with Gasteiger partial charge >= 0.3 is 0 Å². The van der Waals surface area contributed by atoms with E-state index in [0.717, 1.165) is 40.0 Å². The van der Waals surface area contributed by atoms with Crippen molar-refractivity contribution in [1.29, 1.82) is 0 Å². The van der Waals surface area contributed by atoms with Crippen LogP contribution in [0.5, 0.6) is 0 Å². The largest absolute Gasteiger partial charge is 0.398 e. The van der Waals surface area contributed by atoms with Crippen LogP contribution >= 0.6 is 0 Å². The molecule has 4 rings (SSSR count). The number of amides is 1. The summed E-state index contributed by atoms with van der Waals surface area (Å²) in [5.74, 6) is 0.655. The maximum Gasteiger partial charge on any atom is 0.240 e. The molecule has 1 aliphatic rings. The molecule has 1 saturated heterocycles. The summed E-state index contributed by atoms with van der Waals surface area (Å²) in [5.41, 5.74) is 19.1. The maximum atomic E-state index is 12.1. The average Bonchev–Trinajstić information content (AvgIpc) is 3.09. The van der Waals surface area contributed by atoms with Gasteiger partial charge in [-0.15, -0.1) is 0 Å². The summed E-state index contributed by atoms with van der Waals surface area (Å²) in [6.07, 6.45) is 3.80. The lowest BCUT2D eigenvalue weighted by Crippen LogP contribution is -2.48. The monoisotopic (exact) mass is 387 g/mol. The molecule has 6 heteroatoms. The van der Waals surface area contributed by atoms with Crippen LogP contribution in [0.1, 0.15) is 16.7 Å². The lowest BCUT2D eigenvalue weighted by molar-refractivity contribution is -0.118. The molecule has 0 aliphatic carbocycles. The first-order valence-electron chi connectivity index (χ1n) is 9.66. The molecule has 6 nitrogen and oxygen atoms in total. The summed E-state index contributed by atoms with van der Waals surface area (Å²) in [7, 11) is 0. The number of nitrogen functional groups attached to an aromatic ring is 1. The first kappa shape index (κ1) is 18.8. The van der Waals surface area contributed by atoms with Crippen LogP contribution in [-0.4, -0.2) is 30.5 Å². The summed E-state index contributed by atoms with van der Waals surface area (Å²) in [6, 6.07) is 16.0. The van der Waals surface area contributed by atoms with Crippen molar-refractivity contribution in [2.24, 2.45) is 5.73 Å². The van der Waals surface area contributed by atoms with Gasteiger partial charge in [0.25, 0.3) is 0 Å². The number of nitrogens with zero attached hydrogens (tertiary/aromatic N) is 1. The molecule has 0 radical (unpaired) electrons.